The molecule has 11 heteroatoms. The van der Waals surface area contributed by atoms with E-state index < -0.39 is 28.2 Å². The first kappa shape index (κ1) is 41.1. The summed E-state index contributed by atoms with van der Waals surface area (Å²) in [4.78, 5) is 49.8. The van der Waals surface area contributed by atoms with Gasteiger partial charge in [0.25, 0.3) is 0 Å². The second kappa shape index (κ2) is 20.9. The van der Waals surface area contributed by atoms with Crippen molar-refractivity contribution in [1.29, 1.82) is 0 Å². The van der Waals surface area contributed by atoms with Crippen LogP contribution in [0.4, 0.5) is 0 Å². The molecule has 0 N–H and O–H groups in total. The maximum Gasteiger partial charge on any atom is 2.00 e. The zero-order valence-corrected chi connectivity index (χ0v) is 31.0. The van der Waals surface area contributed by atoms with E-state index in [9.17, 15) is 19.2 Å². The van der Waals surface area contributed by atoms with Gasteiger partial charge in [0.05, 0.1) is 0 Å². The Morgan fingerprint density at radius 1 is 0.581 bits per heavy atom. The summed E-state index contributed by atoms with van der Waals surface area (Å²) >= 11 is 0. The van der Waals surface area contributed by atoms with E-state index in [1.165, 1.54) is 13.8 Å². The summed E-state index contributed by atoms with van der Waals surface area (Å²) in [5.41, 5.74) is -0.580. The Bertz CT molecular complexity index is 1030. The van der Waals surface area contributed by atoms with Gasteiger partial charge in [-0.3, -0.25) is 19.2 Å². The summed E-state index contributed by atoms with van der Waals surface area (Å²) < 4.78 is 22.5. The van der Waals surface area contributed by atoms with E-state index in [2.05, 4.69) is 13.8 Å². The molecule has 8 nitrogen and oxygen atoms in total. The molecule has 2 rings (SSSR count). The smallest absolute Gasteiger partial charge is 0.397 e. The van der Waals surface area contributed by atoms with Crippen LogP contribution in [0.3, 0.4) is 0 Å². The summed E-state index contributed by atoms with van der Waals surface area (Å²) in [6.07, 6.45) is 3.68. The third kappa shape index (κ3) is 11.2. The largest absolute Gasteiger partial charge is 2.00 e. The number of Topliss-reactive ketones (excluding diaryl/α,β-unsaturated/α-hetero) is 4. The topological polar surface area (TPSA) is 105 Å². The molecule has 0 saturated heterocycles. The molecule has 2 atom stereocenters. The molecule has 2 aromatic rings. The number of hydrogen-bond donors (Lipinski definition) is 0. The molecule has 0 aromatic heterocycles. The second-order valence-corrected chi connectivity index (χ2v) is 17.2. The minimum atomic E-state index is -2.90. The van der Waals surface area contributed by atoms with Gasteiger partial charge >= 0.3 is 38.2 Å². The third-order valence-corrected chi connectivity index (χ3v) is 15.4. The fraction of sp³-hybridized carbons (Fsp3) is 0.500. The third-order valence-electron chi connectivity index (χ3n) is 7.47. The number of carbonyl (C=O) groups is 4. The Morgan fingerprint density at radius 2 is 0.860 bits per heavy atom. The molecule has 0 saturated carbocycles. The summed E-state index contributed by atoms with van der Waals surface area (Å²) in [6.45, 7) is 7.01. The Kier molecular flexibility index (Phi) is 20.0. The maximum atomic E-state index is 12.8. The van der Waals surface area contributed by atoms with Crippen LogP contribution in [0.1, 0.15) is 74.1 Å². The van der Waals surface area contributed by atoms with Crippen LogP contribution < -0.4 is 0 Å². The fourth-order valence-corrected chi connectivity index (χ4v) is 11.8. The van der Waals surface area contributed by atoms with Gasteiger partial charge in [-0.15, -0.1) is 0 Å². The van der Waals surface area contributed by atoms with Crippen LogP contribution in [0, 0.1) is 0 Å². The molecule has 43 heavy (non-hydrogen) atoms. The summed E-state index contributed by atoms with van der Waals surface area (Å²) in [6, 6.07) is 19.0. The predicted octanol–water partition coefficient (Wildman–Crippen LogP) is 6.72. The van der Waals surface area contributed by atoms with Crippen molar-refractivity contribution in [2.24, 2.45) is 0 Å². The van der Waals surface area contributed by atoms with Gasteiger partial charge in [-0.2, -0.15) is 0 Å². The summed E-state index contributed by atoms with van der Waals surface area (Å²) in [5, 5.41) is 0. The predicted molar refractivity (Wildman–Crippen MR) is 169 cm³/mol. The van der Waals surface area contributed by atoms with Crippen molar-refractivity contribution >= 4 is 40.3 Å². The average molecular weight is 812 g/mol. The van der Waals surface area contributed by atoms with E-state index in [4.69, 9.17) is 17.7 Å². The van der Waals surface area contributed by atoms with Crippen molar-refractivity contribution < 1.29 is 57.9 Å². The van der Waals surface area contributed by atoms with Crippen molar-refractivity contribution in [3.05, 3.63) is 71.8 Å². The van der Waals surface area contributed by atoms with Crippen LogP contribution in [-0.2, 0) is 48.4 Å². The molecule has 0 heterocycles. The quantitative estimate of drug-likeness (QED) is 0.0929. The molecule has 0 radical (unpaired) electrons. The SMILES string of the molecule is CCCC[Si](OC)(OC)C(C(C)=O)C(=O)c1ccccc1.CCCC[Si](OC)(OC)C(C(C)=O)C(=O)c1ccccc1.[Pt+2]. The van der Waals surface area contributed by atoms with Gasteiger partial charge in [0.1, 0.15) is 22.6 Å². The monoisotopic (exact) mass is 811 g/mol. The van der Waals surface area contributed by atoms with Crippen LogP contribution in [0.2, 0.25) is 23.2 Å². The molecule has 0 bridgehead atoms. The van der Waals surface area contributed by atoms with Crippen molar-refractivity contribution in [1.82, 2.24) is 0 Å². The van der Waals surface area contributed by atoms with Gasteiger partial charge in [-0.05, 0) is 25.9 Å². The Morgan fingerprint density at radius 3 is 1.07 bits per heavy atom. The minimum Gasteiger partial charge on any atom is -0.397 e. The normalized spacial score (nSPS) is 12.7. The zero-order chi connectivity index (χ0) is 31.8. The molecule has 0 aliphatic rings. The van der Waals surface area contributed by atoms with Crippen LogP contribution in [0.25, 0.3) is 0 Å². The van der Waals surface area contributed by atoms with Crippen molar-refractivity contribution in [2.45, 2.75) is 76.5 Å². The molecule has 0 fully saturated rings. The van der Waals surface area contributed by atoms with E-state index in [0.717, 1.165) is 25.7 Å². The zero-order valence-electron chi connectivity index (χ0n) is 26.8. The van der Waals surface area contributed by atoms with Crippen molar-refractivity contribution in [2.75, 3.05) is 28.4 Å². The van der Waals surface area contributed by atoms with Crippen molar-refractivity contribution in [3.63, 3.8) is 0 Å². The number of hydrogen-bond acceptors (Lipinski definition) is 8. The Balaban J connectivity index is 0.000000802. The van der Waals surface area contributed by atoms with E-state index in [-0.39, 0.29) is 44.2 Å². The minimum absolute atomic E-state index is 0. The molecule has 0 spiro atoms. The van der Waals surface area contributed by atoms with Gasteiger partial charge in [0.15, 0.2) is 11.6 Å². The van der Waals surface area contributed by atoms with E-state index in [0.29, 0.717) is 23.2 Å². The molecular weight excluding hydrogens is 764 g/mol. The van der Waals surface area contributed by atoms with Gasteiger partial charge in [0.2, 0.25) is 0 Å². The molecule has 2 unspecified atom stereocenters. The molecule has 0 aliphatic carbocycles. The number of carbonyl (C=O) groups excluding carboxylic acids is 4. The van der Waals surface area contributed by atoms with E-state index in [1.54, 1.807) is 77.0 Å². The number of benzene rings is 2. The summed E-state index contributed by atoms with van der Waals surface area (Å²) in [5.74, 6) is -0.769. The van der Waals surface area contributed by atoms with Crippen LogP contribution in [0.5, 0.6) is 0 Å². The Labute approximate surface area is 274 Å². The second-order valence-electron chi connectivity index (χ2n) is 10.2. The number of unbranched alkanes of at least 4 members (excludes halogenated alkanes) is 2. The summed E-state index contributed by atoms with van der Waals surface area (Å²) in [7, 11) is 0.361. The standard InChI is InChI=1S/2C16H24O4Si.Pt/c2*1-5-6-12-21(19-3,20-4)16(13(2)17)15(18)14-10-8-7-9-11-14;/h2*7-11,16H,5-6,12H2,1-4H3;/q;;+2. The van der Waals surface area contributed by atoms with Gasteiger partial charge in [-0.1, -0.05) is 100 Å². The van der Waals surface area contributed by atoms with Crippen molar-refractivity contribution in [3.8, 4) is 0 Å². The Hall–Kier alpha value is -1.92. The molecule has 0 aliphatic heterocycles. The van der Waals surface area contributed by atoms with E-state index in [1.807, 2.05) is 12.1 Å². The number of rotatable bonds is 18. The molecule has 0 amide bonds. The molecular formula is C32H48O8PtSi2+2. The number of ketones is 4. The van der Waals surface area contributed by atoms with Gasteiger partial charge < -0.3 is 17.7 Å². The van der Waals surface area contributed by atoms with Gasteiger partial charge in [-0.25, -0.2) is 0 Å². The first-order chi connectivity index (χ1) is 20.0. The van der Waals surface area contributed by atoms with Crippen LogP contribution in [-0.4, -0.2) is 68.7 Å². The first-order valence-electron chi connectivity index (χ1n) is 14.4. The maximum absolute atomic E-state index is 12.8. The molecule has 2 aromatic carbocycles. The van der Waals surface area contributed by atoms with E-state index >= 15 is 0 Å². The van der Waals surface area contributed by atoms with Gasteiger partial charge in [0, 0.05) is 39.6 Å². The first-order valence-corrected chi connectivity index (χ1v) is 18.6. The van der Waals surface area contributed by atoms with Crippen LogP contribution in [0.15, 0.2) is 60.7 Å². The fourth-order valence-electron chi connectivity index (χ4n) is 5.11. The molecule has 240 valence electrons. The average Bonchev–Trinajstić information content (AvgIpc) is 3.01. The van der Waals surface area contributed by atoms with Crippen LogP contribution >= 0.6 is 0 Å².